The van der Waals surface area contributed by atoms with Crippen molar-refractivity contribution in [2.45, 2.75) is 40.0 Å². The molecule has 0 aromatic carbocycles. The molecule has 0 aromatic rings. The third kappa shape index (κ3) is 10.3. The Labute approximate surface area is 113 Å². The zero-order valence-corrected chi connectivity index (χ0v) is 12.6. The fourth-order valence-electron chi connectivity index (χ4n) is 1.89. The van der Waals surface area contributed by atoms with Crippen LogP contribution in [0.5, 0.6) is 0 Å². The first-order valence-electron chi connectivity index (χ1n) is 6.89. The van der Waals surface area contributed by atoms with Gasteiger partial charge >= 0.3 is 0 Å². The average molecular weight is 251 g/mol. The second kappa shape index (κ2) is 10.1. The minimum absolute atomic E-state index is 0.185. The zero-order chi connectivity index (χ0) is 14.0. The van der Waals surface area contributed by atoms with Crippen molar-refractivity contribution in [2.75, 3.05) is 20.6 Å². The molecule has 0 aromatic heterocycles. The molecule has 2 nitrogen and oxygen atoms in total. The summed E-state index contributed by atoms with van der Waals surface area (Å²) in [5, 5.41) is 0. The highest BCUT2D eigenvalue weighted by Crippen LogP contribution is 2.14. The number of hydrogen-bond donors (Lipinski definition) is 0. The Hall–Kier alpha value is -0.890. The predicted molar refractivity (Wildman–Crippen MR) is 79.7 cm³/mol. The average Bonchev–Trinajstić information content (AvgIpc) is 2.28. The molecule has 0 heterocycles. The Morgan fingerprint density at radius 1 is 1.28 bits per heavy atom. The number of nitrogens with zero attached hydrogens (tertiary/aromatic N) is 1. The van der Waals surface area contributed by atoms with Gasteiger partial charge in [0.15, 0.2) is 0 Å². The Bertz CT molecular complexity index is 279. The van der Waals surface area contributed by atoms with Gasteiger partial charge in [0.2, 0.25) is 0 Å². The van der Waals surface area contributed by atoms with Crippen molar-refractivity contribution >= 4 is 6.29 Å². The standard InChI is InChI=1S/C16H29NO/c1-14(10-7-11-17(4)5)8-6-9-15(2)12-16(3)13-18/h6,8,10,13,15-16H,7,9,11-12H2,1-5H3/b8-6+,14-10-. The number of aldehydes is 1. The molecule has 2 atom stereocenters. The van der Waals surface area contributed by atoms with E-state index < -0.39 is 0 Å². The quantitative estimate of drug-likeness (QED) is 0.460. The van der Waals surface area contributed by atoms with Crippen molar-refractivity contribution in [2.24, 2.45) is 11.8 Å². The van der Waals surface area contributed by atoms with Gasteiger partial charge in [-0.15, -0.1) is 0 Å². The van der Waals surface area contributed by atoms with Crippen LogP contribution in [-0.2, 0) is 4.79 Å². The molecule has 0 N–H and O–H groups in total. The Morgan fingerprint density at radius 3 is 2.50 bits per heavy atom. The minimum Gasteiger partial charge on any atom is -0.309 e. The Morgan fingerprint density at radius 2 is 1.94 bits per heavy atom. The van der Waals surface area contributed by atoms with E-state index in [9.17, 15) is 4.79 Å². The fourth-order valence-corrected chi connectivity index (χ4v) is 1.89. The van der Waals surface area contributed by atoms with Gasteiger partial charge in [0.1, 0.15) is 6.29 Å². The second-order valence-corrected chi connectivity index (χ2v) is 5.63. The van der Waals surface area contributed by atoms with Crippen LogP contribution in [0.3, 0.4) is 0 Å². The van der Waals surface area contributed by atoms with E-state index in [4.69, 9.17) is 0 Å². The summed E-state index contributed by atoms with van der Waals surface area (Å²) in [5.41, 5.74) is 1.33. The molecule has 2 unspecified atom stereocenters. The maximum absolute atomic E-state index is 10.6. The van der Waals surface area contributed by atoms with Crippen molar-refractivity contribution < 1.29 is 4.79 Å². The summed E-state index contributed by atoms with van der Waals surface area (Å²) in [5.74, 6) is 0.765. The molecule has 18 heavy (non-hydrogen) atoms. The summed E-state index contributed by atoms with van der Waals surface area (Å²) in [6.07, 6.45) is 10.9. The van der Waals surface area contributed by atoms with E-state index >= 15 is 0 Å². The maximum Gasteiger partial charge on any atom is 0.122 e. The van der Waals surface area contributed by atoms with Crippen LogP contribution in [0.2, 0.25) is 0 Å². The van der Waals surface area contributed by atoms with Crippen LogP contribution in [0.25, 0.3) is 0 Å². The van der Waals surface area contributed by atoms with Gasteiger partial charge in [0, 0.05) is 12.5 Å². The molecule has 0 saturated carbocycles. The number of rotatable bonds is 9. The lowest BCUT2D eigenvalue weighted by molar-refractivity contribution is -0.111. The van der Waals surface area contributed by atoms with Crippen LogP contribution in [0, 0.1) is 11.8 Å². The second-order valence-electron chi connectivity index (χ2n) is 5.63. The third-order valence-corrected chi connectivity index (χ3v) is 2.97. The molecule has 0 saturated heterocycles. The maximum atomic E-state index is 10.6. The van der Waals surface area contributed by atoms with Gasteiger partial charge in [-0.25, -0.2) is 0 Å². The molecule has 0 aliphatic heterocycles. The molecule has 0 radical (unpaired) electrons. The van der Waals surface area contributed by atoms with Crippen molar-refractivity contribution in [3.8, 4) is 0 Å². The van der Waals surface area contributed by atoms with Crippen LogP contribution in [-0.4, -0.2) is 31.8 Å². The molecular formula is C16H29NO. The summed E-state index contributed by atoms with van der Waals surface area (Å²) in [6, 6.07) is 0. The van der Waals surface area contributed by atoms with E-state index in [1.54, 1.807) is 0 Å². The third-order valence-electron chi connectivity index (χ3n) is 2.97. The normalized spacial score (nSPS) is 16.2. The van der Waals surface area contributed by atoms with Crippen molar-refractivity contribution in [1.29, 1.82) is 0 Å². The van der Waals surface area contributed by atoms with E-state index in [0.29, 0.717) is 5.92 Å². The summed E-state index contributed by atoms with van der Waals surface area (Å²) >= 11 is 0. The first-order valence-corrected chi connectivity index (χ1v) is 6.89. The summed E-state index contributed by atoms with van der Waals surface area (Å²) in [6.45, 7) is 7.43. The Kier molecular flexibility index (Phi) is 9.57. The molecule has 104 valence electrons. The first kappa shape index (κ1) is 17.1. The van der Waals surface area contributed by atoms with Gasteiger partial charge in [0.05, 0.1) is 0 Å². The molecule has 2 heteroatoms. The van der Waals surface area contributed by atoms with Crippen molar-refractivity contribution in [3.63, 3.8) is 0 Å². The molecule has 0 amide bonds. The summed E-state index contributed by atoms with van der Waals surface area (Å²) in [7, 11) is 4.18. The van der Waals surface area contributed by atoms with Crippen LogP contribution in [0.15, 0.2) is 23.8 Å². The SMILES string of the molecule is CC(=C/CCN(C)C)/C=C/CC(C)CC(C)C=O. The van der Waals surface area contributed by atoms with E-state index in [2.05, 4.69) is 51.1 Å². The number of hydrogen-bond acceptors (Lipinski definition) is 2. The number of carbonyl (C=O) groups is 1. The van der Waals surface area contributed by atoms with Crippen LogP contribution >= 0.6 is 0 Å². The van der Waals surface area contributed by atoms with E-state index in [-0.39, 0.29) is 5.92 Å². The molecular weight excluding hydrogens is 222 g/mol. The molecule has 0 bridgehead atoms. The van der Waals surface area contributed by atoms with E-state index in [0.717, 1.165) is 32.1 Å². The van der Waals surface area contributed by atoms with Crippen LogP contribution in [0.1, 0.15) is 40.0 Å². The molecule has 0 fully saturated rings. The molecule has 0 aliphatic carbocycles. The molecule has 0 spiro atoms. The van der Waals surface area contributed by atoms with Gasteiger partial charge in [-0.05, 0) is 46.2 Å². The smallest absolute Gasteiger partial charge is 0.122 e. The number of allylic oxidation sites excluding steroid dienone is 3. The van der Waals surface area contributed by atoms with Gasteiger partial charge in [0.25, 0.3) is 0 Å². The molecule has 0 aliphatic rings. The van der Waals surface area contributed by atoms with Crippen LogP contribution < -0.4 is 0 Å². The minimum atomic E-state index is 0.185. The highest BCUT2D eigenvalue weighted by molar-refractivity contribution is 5.52. The predicted octanol–water partition coefficient (Wildman–Crippen LogP) is 3.69. The highest BCUT2D eigenvalue weighted by atomic mass is 16.1. The largest absolute Gasteiger partial charge is 0.309 e. The fraction of sp³-hybridized carbons (Fsp3) is 0.688. The Balaban J connectivity index is 3.89. The van der Waals surface area contributed by atoms with E-state index in [1.807, 2.05) is 6.92 Å². The topological polar surface area (TPSA) is 20.3 Å². The summed E-state index contributed by atoms with van der Waals surface area (Å²) in [4.78, 5) is 12.8. The highest BCUT2D eigenvalue weighted by Gasteiger charge is 2.05. The van der Waals surface area contributed by atoms with Gasteiger partial charge in [-0.1, -0.05) is 37.6 Å². The number of carbonyl (C=O) groups excluding carboxylic acids is 1. The van der Waals surface area contributed by atoms with Crippen molar-refractivity contribution in [3.05, 3.63) is 23.8 Å². The van der Waals surface area contributed by atoms with Gasteiger partial charge < -0.3 is 9.69 Å². The monoisotopic (exact) mass is 251 g/mol. The van der Waals surface area contributed by atoms with E-state index in [1.165, 1.54) is 5.57 Å². The summed E-state index contributed by atoms with van der Waals surface area (Å²) < 4.78 is 0. The lowest BCUT2D eigenvalue weighted by atomic mass is 9.95. The first-order chi connectivity index (χ1) is 8.45. The van der Waals surface area contributed by atoms with Gasteiger partial charge in [-0.2, -0.15) is 0 Å². The van der Waals surface area contributed by atoms with Crippen molar-refractivity contribution in [1.82, 2.24) is 4.90 Å². The zero-order valence-electron chi connectivity index (χ0n) is 12.6. The lowest BCUT2D eigenvalue weighted by Crippen LogP contribution is -2.11. The van der Waals surface area contributed by atoms with Gasteiger partial charge in [-0.3, -0.25) is 0 Å². The molecule has 0 rings (SSSR count). The van der Waals surface area contributed by atoms with Crippen LogP contribution in [0.4, 0.5) is 0 Å². The lowest BCUT2D eigenvalue weighted by Gasteiger charge is -2.10.